The summed E-state index contributed by atoms with van der Waals surface area (Å²) < 4.78 is 0. The maximum atomic E-state index is 12.2. The molecule has 0 aromatic heterocycles. The van der Waals surface area contributed by atoms with E-state index in [4.69, 9.17) is 5.73 Å². The number of anilines is 1. The predicted molar refractivity (Wildman–Crippen MR) is 87.2 cm³/mol. The van der Waals surface area contributed by atoms with Gasteiger partial charge in [0.1, 0.15) is 0 Å². The van der Waals surface area contributed by atoms with Gasteiger partial charge in [-0.15, -0.1) is 0 Å². The summed E-state index contributed by atoms with van der Waals surface area (Å²) in [5, 5.41) is 3.18. The van der Waals surface area contributed by atoms with Crippen molar-refractivity contribution in [2.24, 2.45) is 5.73 Å². The SMILES string of the molecule is CN(CC(=O)NC1CCCCCC1)c1cccc(CN)c1. The molecule has 0 aliphatic heterocycles. The first-order valence-corrected chi connectivity index (χ1v) is 7.98. The number of nitrogens with zero attached hydrogens (tertiary/aromatic N) is 1. The number of hydrogen-bond donors (Lipinski definition) is 2. The van der Waals surface area contributed by atoms with Crippen molar-refractivity contribution in [2.75, 3.05) is 18.5 Å². The van der Waals surface area contributed by atoms with Crippen LogP contribution in [0.15, 0.2) is 24.3 Å². The summed E-state index contributed by atoms with van der Waals surface area (Å²) in [6, 6.07) is 8.40. The number of nitrogens with two attached hydrogens (primary N) is 1. The second-order valence-corrected chi connectivity index (χ2v) is 5.99. The van der Waals surface area contributed by atoms with Gasteiger partial charge in [-0.2, -0.15) is 0 Å². The Morgan fingerprint density at radius 1 is 1.29 bits per heavy atom. The number of hydrogen-bond acceptors (Lipinski definition) is 3. The van der Waals surface area contributed by atoms with Crippen molar-refractivity contribution in [3.8, 4) is 0 Å². The normalized spacial score (nSPS) is 16.3. The van der Waals surface area contributed by atoms with E-state index in [9.17, 15) is 4.79 Å². The van der Waals surface area contributed by atoms with Crippen LogP contribution < -0.4 is 16.0 Å². The molecule has 21 heavy (non-hydrogen) atoms. The molecule has 1 aliphatic rings. The minimum atomic E-state index is 0.113. The third kappa shape index (κ3) is 5.05. The van der Waals surface area contributed by atoms with Gasteiger partial charge in [-0.25, -0.2) is 0 Å². The largest absolute Gasteiger partial charge is 0.365 e. The summed E-state index contributed by atoms with van der Waals surface area (Å²) in [6.07, 6.45) is 7.32. The maximum Gasteiger partial charge on any atom is 0.239 e. The summed E-state index contributed by atoms with van der Waals surface area (Å²) in [5.74, 6) is 0.113. The van der Waals surface area contributed by atoms with Crippen molar-refractivity contribution in [1.29, 1.82) is 0 Å². The summed E-state index contributed by atoms with van der Waals surface area (Å²) in [5.41, 5.74) is 7.78. The molecule has 1 fully saturated rings. The Morgan fingerprint density at radius 2 is 2.00 bits per heavy atom. The number of carbonyl (C=O) groups is 1. The van der Waals surface area contributed by atoms with Crippen LogP contribution >= 0.6 is 0 Å². The molecule has 1 aromatic carbocycles. The van der Waals surface area contributed by atoms with E-state index >= 15 is 0 Å². The van der Waals surface area contributed by atoms with Crippen molar-refractivity contribution in [1.82, 2.24) is 5.32 Å². The molecular weight excluding hydrogens is 262 g/mol. The molecule has 1 saturated carbocycles. The molecule has 1 amide bonds. The van der Waals surface area contributed by atoms with Crippen LogP contribution in [0.1, 0.15) is 44.1 Å². The first-order valence-electron chi connectivity index (χ1n) is 7.98. The Labute approximate surface area is 127 Å². The number of benzene rings is 1. The highest BCUT2D eigenvalue weighted by atomic mass is 16.2. The summed E-state index contributed by atoms with van der Waals surface area (Å²) in [4.78, 5) is 14.2. The lowest BCUT2D eigenvalue weighted by Crippen LogP contribution is -2.40. The van der Waals surface area contributed by atoms with Crippen LogP contribution in [-0.4, -0.2) is 25.5 Å². The van der Waals surface area contributed by atoms with E-state index in [1.165, 1.54) is 25.7 Å². The van der Waals surface area contributed by atoms with Gasteiger partial charge < -0.3 is 16.0 Å². The van der Waals surface area contributed by atoms with Crippen molar-refractivity contribution < 1.29 is 4.79 Å². The average Bonchev–Trinajstić information content (AvgIpc) is 2.75. The van der Waals surface area contributed by atoms with E-state index in [2.05, 4.69) is 5.32 Å². The molecule has 3 N–H and O–H groups in total. The first kappa shape index (κ1) is 15.8. The van der Waals surface area contributed by atoms with Gasteiger partial charge in [0.2, 0.25) is 5.91 Å². The van der Waals surface area contributed by atoms with E-state index in [1.54, 1.807) is 0 Å². The van der Waals surface area contributed by atoms with Gasteiger partial charge in [-0.3, -0.25) is 4.79 Å². The third-order valence-corrected chi connectivity index (χ3v) is 4.19. The van der Waals surface area contributed by atoms with E-state index in [0.29, 0.717) is 19.1 Å². The highest BCUT2D eigenvalue weighted by Gasteiger charge is 2.15. The van der Waals surface area contributed by atoms with Gasteiger partial charge in [-0.05, 0) is 30.5 Å². The standard InChI is InChI=1S/C17H27N3O/c1-20(16-10-6-7-14(11-16)12-18)13-17(21)19-15-8-4-2-3-5-9-15/h6-7,10-11,15H,2-5,8-9,12-13,18H2,1H3,(H,19,21). The molecule has 0 unspecified atom stereocenters. The molecule has 4 nitrogen and oxygen atoms in total. The van der Waals surface area contributed by atoms with Crippen molar-refractivity contribution in [3.05, 3.63) is 29.8 Å². The summed E-state index contributed by atoms with van der Waals surface area (Å²) in [7, 11) is 1.95. The smallest absolute Gasteiger partial charge is 0.239 e. The molecule has 0 radical (unpaired) electrons. The van der Waals surface area contributed by atoms with Crippen LogP contribution in [0.3, 0.4) is 0 Å². The van der Waals surface area contributed by atoms with Gasteiger partial charge in [-0.1, -0.05) is 37.8 Å². The van der Waals surface area contributed by atoms with Crippen molar-refractivity contribution in [3.63, 3.8) is 0 Å². The molecule has 0 heterocycles. The lowest BCUT2D eigenvalue weighted by molar-refractivity contribution is -0.120. The summed E-state index contributed by atoms with van der Waals surface area (Å²) >= 11 is 0. The fourth-order valence-corrected chi connectivity index (χ4v) is 2.92. The average molecular weight is 289 g/mol. The molecule has 0 atom stereocenters. The monoisotopic (exact) mass is 289 g/mol. The Kier molecular flexibility index (Phi) is 6.05. The molecule has 0 bridgehead atoms. The van der Waals surface area contributed by atoms with E-state index < -0.39 is 0 Å². The Balaban J connectivity index is 1.85. The highest BCUT2D eigenvalue weighted by Crippen LogP contribution is 2.18. The first-order chi connectivity index (χ1) is 10.2. The van der Waals surface area contributed by atoms with Gasteiger partial charge >= 0.3 is 0 Å². The minimum absolute atomic E-state index is 0.113. The zero-order valence-electron chi connectivity index (χ0n) is 13.0. The van der Waals surface area contributed by atoms with Gasteiger partial charge in [0.25, 0.3) is 0 Å². The van der Waals surface area contributed by atoms with Crippen LogP contribution in [0.4, 0.5) is 5.69 Å². The fraction of sp³-hybridized carbons (Fsp3) is 0.588. The van der Waals surface area contributed by atoms with Crippen molar-refractivity contribution in [2.45, 2.75) is 51.1 Å². The second kappa shape index (κ2) is 8.03. The molecule has 1 aromatic rings. The van der Waals surface area contributed by atoms with Crippen LogP contribution in [0.5, 0.6) is 0 Å². The zero-order chi connectivity index (χ0) is 15.1. The lowest BCUT2D eigenvalue weighted by Gasteiger charge is -2.22. The molecule has 1 aliphatic carbocycles. The fourth-order valence-electron chi connectivity index (χ4n) is 2.92. The van der Waals surface area contributed by atoms with Gasteiger partial charge in [0.15, 0.2) is 0 Å². The van der Waals surface area contributed by atoms with E-state index in [0.717, 1.165) is 24.1 Å². The van der Waals surface area contributed by atoms with Gasteiger partial charge in [0.05, 0.1) is 6.54 Å². The Hall–Kier alpha value is -1.55. The van der Waals surface area contributed by atoms with Crippen molar-refractivity contribution >= 4 is 11.6 Å². The molecule has 116 valence electrons. The molecule has 2 rings (SSSR count). The van der Waals surface area contributed by atoms with E-state index in [1.807, 2.05) is 36.2 Å². The highest BCUT2D eigenvalue weighted by molar-refractivity contribution is 5.81. The Bertz CT molecular complexity index is 453. The number of rotatable bonds is 5. The third-order valence-electron chi connectivity index (χ3n) is 4.19. The van der Waals surface area contributed by atoms with Crippen LogP contribution in [0.2, 0.25) is 0 Å². The van der Waals surface area contributed by atoms with Crippen LogP contribution in [0.25, 0.3) is 0 Å². The summed E-state index contributed by atoms with van der Waals surface area (Å²) in [6.45, 7) is 0.917. The second-order valence-electron chi connectivity index (χ2n) is 5.99. The lowest BCUT2D eigenvalue weighted by atomic mass is 10.1. The van der Waals surface area contributed by atoms with Gasteiger partial charge in [0, 0.05) is 25.3 Å². The Morgan fingerprint density at radius 3 is 2.67 bits per heavy atom. The quantitative estimate of drug-likeness (QED) is 0.818. The number of nitrogens with one attached hydrogen (secondary N) is 1. The zero-order valence-corrected chi connectivity index (χ0v) is 13.0. The van der Waals surface area contributed by atoms with Crippen LogP contribution in [-0.2, 0) is 11.3 Å². The molecular formula is C17H27N3O. The topological polar surface area (TPSA) is 58.4 Å². The molecule has 4 heteroatoms. The van der Waals surface area contributed by atoms with E-state index in [-0.39, 0.29) is 5.91 Å². The predicted octanol–water partition coefficient (Wildman–Crippen LogP) is 2.42. The maximum absolute atomic E-state index is 12.2. The molecule has 0 spiro atoms. The number of amides is 1. The number of likely N-dealkylation sites (N-methyl/N-ethyl adjacent to an activating group) is 1. The minimum Gasteiger partial charge on any atom is -0.365 e. The number of carbonyl (C=O) groups excluding carboxylic acids is 1. The molecule has 0 saturated heterocycles. The van der Waals surface area contributed by atoms with Crippen LogP contribution in [0, 0.1) is 0 Å².